The van der Waals surface area contributed by atoms with Crippen molar-refractivity contribution in [3.8, 4) is 0 Å². The van der Waals surface area contributed by atoms with E-state index in [9.17, 15) is 13.5 Å². The molecule has 1 aliphatic rings. The summed E-state index contributed by atoms with van der Waals surface area (Å²) in [5.41, 5.74) is 2.16. The molecule has 1 saturated carbocycles. The van der Waals surface area contributed by atoms with Gasteiger partial charge in [-0.15, -0.1) is 0 Å². The molecule has 0 amide bonds. The van der Waals surface area contributed by atoms with Crippen LogP contribution in [0, 0.1) is 0 Å². The fourth-order valence-electron chi connectivity index (χ4n) is 3.26. The van der Waals surface area contributed by atoms with Gasteiger partial charge in [0.05, 0.1) is 6.10 Å². The van der Waals surface area contributed by atoms with Gasteiger partial charge in [-0.1, -0.05) is 24.6 Å². The summed E-state index contributed by atoms with van der Waals surface area (Å²) >= 11 is 0. The largest absolute Gasteiger partial charge is 0.387 e. The summed E-state index contributed by atoms with van der Waals surface area (Å²) in [6.07, 6.45) is 6.34. The van der Waals surface area contributed by atoms with Crippen molar-refractivity contribution in [1.82, 2.24) is 15.0 Å². The molecule has 1 fully saturated rings. The molecule has 158 valence electrons. The van der Waals surface area contributed by atoms with Gasteiger partial charge in [-0.3, -0.25) is 9.71 Å². The first-order chi connectivity index (χ1) is 13.7. The maximum atomic E-state index is 12.1. The van der Waals surface area contributed by atoms with Crippen LogP contribution in [0.1, 0.15) is 50.3 Å². The molecule has 1 atom stereocenters. The first kappa shape index (κ1) is 21.7. The number of nitrogens with zero attached hydrogens (tertiary/aromatic N) is 1. The Morgan fingerprint density at radius 1 is 1.21 bits per heavy atom. The monoisotopic (exact) mass is 418 g/mol. The van der Waals surface area contributed by atoms with Crippen LogP contribution in [0.25, 0.3) is 0 Å². The number of anilines is 1. The fourth-order valence-corrected chi connectivity index (χ4v) is 4.44. The number of hydrogen-bond donors (Lipinski definition) is 4. The van der Waals surface area contributed by atoms with Gasteiger partial charge >= 0.3 is 0 Å². The van der Waals surface area contributed by atoms with Crippen molar-refractivity contribution in [2.75, 3.05) is 11.3 Å². The highest BCUT2D eigenvalue weighted by Crippen LogP contribution is 2.21. The molecule has 2 aromatic rings. The van der Waals surface area contributed by atoms with E-state index in [1.807, 2.05) is 18.2 Å². The van der Waals surface area contributed by atoms with E-state index in [1.165, 1.54) is 0 Å². The number of aromatic nitrogens is 1. The summed E-state index contributed by atoms with van der Waals surface area (Å²) in [5.74, 6) is 0. The lowest BCUT2D eigenvalue weighted by molar-refractivity contribution is 0.160. The van der Waals surface area contributed by atoms with E-state index in [0.717, 1.165) is 36.8 Å². The number of nitrogens with one attached hydrogen (secondary N) is 3. The molecule has 0 saturated heterocycles. The third-order valence-corrected chi connectivity index (χ3v) is 6.27. The molecule has 0 spiro atoms. The quantitative estimate of drug-likeness (QED) is 0.475. The molecule has 0 aliphatic heterocycles. The minimum absolute atomic E-state index is 0.0562. The Labute approximate surface area is 173 Å². The van der Waals surface area contributed by atoms with Gasteiger partial charge in [0.15, 0.2) is 0 Å². The summed E-state index contributed by atoms with van der Waals surface area (Å²) in [4.78, 5) is 4.03. The van der Waals surface area contributed by atoms with Crippen LogP contribution in [0.2, 0.25) is 0 Å². The van der Waals surface area contributed by atoms with Gasteiger partial charge in [-0.25, -0.2) is 0 Å². The Balaban J connectivity index is 1.51. The predicted octanol–water partition coefficient (Wildman–Crippen LogP) is 2.52. The minimum atomic E-state index is -3.53. The Kier molecular flexibility index (Phi) is 6.89. The van der Waals surface area contributed by atoms with Crippen LogP contribution in [0.4, 0.5) is 5.69 Å². The maximum Gasteiger partial charge on any atom is 0.299 e. The molecule has 29 heavy (non-hydrogen) atoms. The molecule has 0 radical (unpaired) electrons. The molecule has 8 heteroatoms. The Morgan fingerprint density at radius 2 is 1.93 bits per heavy atom. The zero-order valence-electron chi connectivity index (χ0n) is 16.9. The van der Waals surface area contributed by atoms with E-state index < -0.39 is 16.3 Å². The number of aliphatic hydroxyl groups excluding tert-OH is 1. The van der Waals surface area contributed by atoms with Gasteiger partial charge in [-0.05, 0) is 56.9 Å². The lowest BCUT2D eigenvalue weighted by Gasteiger charge is -2.28. The van der Waals surface area contributed by atoms with E-state index >= 15 is 0 Å². The molecule has 1 aromatic carbocycles. The highest BCUT2D eigenvalue weighted by molar-refractivity contribution is 7.90. The summed E-state index contributed by atoms with van der Waals surface area (Å²) < 4.78 is 29.5. The molecular weight excluding hydrogens is 388 g/mol. The number of aliphatic hydroxyl groups is 1. The second-order valence-corrected chi connectivity index (χ2v) is 9.74. The van der Waals surface area contributed by atoms with Gasteiger partial charge in [0, 0.05) is 41.8 Å². The van der Waals surface area contributed by atoms with E-state index in [4.69, 9.17) is 0 Å². The van der Waals surface area contributed by atoms with E-state index in [0.29, 0.717) is 12.2 Å². The zero-order valence-corrected chi connectivity index (χ0v) is 17.7. The number of pyridine rings is 1. The van der Waals surface area contributed by atoms with E-state index in [2.05, 4.69) is 33.6 Å². The predicted molar refractivity (Wildman–Crippen MR) is 115 cm³/mol. The average Bonchev–Trinajstić information content (AvgIpc) is 2.65. The Morgan fingerprint density at radius 3 is 2.52 bits per heavy atom. The number of β-amino-alcohol motifs (C(OH)–C–C–N with tert-alkyl or cyclic N) is 1. The summed E-state index contributed by atoms with van der Waals surface area (Å²) in [6, 6.07) is 11.1. The molecule has 1 heterocycles. The zero-order chi connectivity index (χ0) is 20.9. The molecule has 4 N–H and O–H groups in total. The lowest BCUT2D eigenvalue weighted by Crippen LogP contribution is -2.43. The normalized spacial score (nSPS) is 16.2. The SMILES string of the molecule is CC(C)(Cc1ccc(NS(=O)(=O)NC2CCC2)cc1)NC[C@H](O)c1cccnc1. The molecular formula is C21H30N4O3S. The molecule has 3 rings (SSSR count). The van der Waals surface area contributed by atoms with Gasteiger partial charge in [-0.2, -0.15) is 13.1 Å². The van der Waals surface area contributed by atoms with Crippen molar-refractivity contribution in [2.45, 2.75) is 57.2 Å². The van der Waals surface area contributed by atoms with Crippen molar-refractivity contribution >= 4 is 15.9 Å². The molecule has 1 aromatic heterocycles. The van der Waals surface area contributed by atoms with Gasteiger partial charge in [0.2, 0.25) is 0 Å². The highest BCUT2D eigenvalue weighted by atomic mass is 32.2. The Bertz CT molecular complexity index is 882. The smallest absolute Gasteiger partial charge is 0.299 e. The number of hydrogen-bond acceptors (Lipinski definition) is 5. The summed E-state index contributed by atoms with van der Waals surface area (Å²) in [6.45, 7) is 4.56. The first-order valence-electron chi connectivity index (χ1n) is 9.94. The second-order valence-electron chi connectivity index (χ2n) is 8.29. The van der Waals surface area contributed by atoms with Crippen molar-refractivity contribution in [3.63, 3.8) is 0 Å². The fraction of sp³-hybridized carbons (Fsp3) is 0.476. The first-order valence-corrected chi connectivity index (χ1v) is 11.4. The number of benzene rings is 1. The minimum Gasteiger partial charge on any atom is -0.387 e. The van der Waals surface area contributed by atoms with E-state index in [-0.39, 0.29) is 11.6 Å². The Hall–Kier alpha value is -2.00. The number of rotatable bonds is 10. The lowest BCUT2D eigenvalue weighted by atomic mass is 9.94. The van der Waals surface area contributed by atoms with Gasteiger partial charge in [0.1, 0.15) is 0 Å². The molecule has 1 aliphatic carbocycles. The van der Waals surface area contributed by atoms with Crippen LogP contribution >= 0.6 is 0 Å². The molecule has 0 unspecified atom stereocenters. The van der Waals surface area contributed by atoms with Crippen molar-refractivity contribution in [2.24, 2.45) is 0 Å². The van der Waals surface area contributed by atoms with Crippen LogP contribution in [0.15, 0.2) is 48.8 Å². The molecule has 0 bridgehead atoms. The van der Waals surface area contributed by atoms with E-state index in [1.54, 1.807) is 30.6 Å². The maximum absolute atomic E-state index is 12.1. The van der Waals surface area contributed by atoms with Crippen molar-refractivity contribution in [1.29, 1.82) is 0 Å². The third kappa shape index (κ3) is 6.78. The summed E-state index contributed by atoms with van der Waals surface area (Å²) in [7, 11) is -3.53. The van der Waals surface area contributed by atoms with Gasteiger partial charge in [0.25, 0.3) is 10.2 Å². The highest BCUT2D eigenvalue weighted by Gasteiger charge is 2.23. The van der Waals surface area contributed by atoms with Crippen molar-refractivity contribution < 1.29 is 13.5 Å². The van der Waals surface area contributed by atoms with Gasteiger partial charge < -0.3 is 10.4 Å². The average molecular weight is 419 g/mol. The van der Waals surface area contributed by atoms with Crippen LogP contribution in [0.5, 0.6) is 0 Å². The standard InChI is InChI=1S/C21H30N4O3S/c1-21(2,23-15-20(26)17-5-4-12-22-14-17)13-16-8-10-19(11-9-16)25-29(27,28)24-18-6-3-7-18/h4-5,8-12,14,18,20,23-26H,3,6-7,13,15H2,1-2H3/t20-/m0/s1. The summed E-state index contributed by atoms with van der Waals surface area (Å²) in [5, 5.41) is 13.7. The second kappa shape index (κ2) is 9.21. The van der Waals surface area contributed by atoms with Crippen LogP contribution in [0.3, 0.4) is 0 Å². The van der Waals surface area contributed by atoms with Crippen LogP contribution < -0.4 is 14.8 Å². The van der Waals surface area contributed by atoms with Crippen LogP contribution in [-0.4, -0.2) is 36.6 Å². The molecule has 7 nitrogen and oxygen atoms in total. The van der Waals surface area contributed by atoms with Crippen LogP contribution in [-0.2, 0) is 16.6 Å². The van der Waals surface area contributed by atoms with Crippen molar-refractivity contribution in [3.05, 3.63) is 59.9 Å². The topological polar surface area (TPSA) is 103 Å². The third-order valence-electron chi connectivity index (χ3n) is 5.12.